The second-order valence-corrected chi connectivity index (χ2v) is 4.87. The molecule has 0 amide bonds. The van der Waals surface area contributed by atoms with Crippen molar-refractivity contribution in [1.29, 1.82) is 0 Å². The zero-order chi connectivity index (χ0) is 13.9. The van der Waals surface area contributed by atoms with Gasteiger partial charge in [-0.05, 0) is 12.1 Å². The maximum Gasteiger partial charge on any atom is 0.212 e. The highest BCUT2D eigenvalue weighted by atomic mass is 32.1. The van der Waals surface area contributed by atoms with Gasteiger partial charge in [-0.15, -0.1) is 16.4 Å². The molecule has 0 fully saturated rings. The van der Waals surface area contributed by atoms with Crippen molar-refractivity contribution < 1.29 is 9.84 Å². The smallest absolute Gasteiger partial charge is 0.212 e. The molecule has 0 atom stereocenters. The van der Waals surface area contributed by atoms with Crippen LogP contribution in [-0.4, -0.2) is 32.2 Å². The number of nitrogens with zero attached hydrogens (tertiary/aromatic N) is 4. The highest BCUT2D eigenvalue weighted by Crippen LogP contribution is 2.28. The first-order valence-corrected chi connectivity index (χ1v) is 6.81. The predicted octanol–water partition coefficient (Wildman–Crippen LogP) is 1.89. The fourth-order valence-electron chi connectivity index (χ4n) is 1.93. The maximum atomic E-state index is 9.45. The maximum absolute atomic E-state index is 9.45. The second kappa shape index (κ2) is 5.40. The lowest BCUT2D eigenvalue weighted by atomic mass is 10.1. The van der Waals surface area contributed by atoms with Gasteiger partial charge in [-0.25, -0.2) is 4.98 Å². The Labute approximate surface area is 119 Å². The van der Waals surface area contributed by atoms with E-state index in [1.54, 1.807) is 18.0 Å². The van der Waals surface area contributed by atoms with Gasteiger partial charge in [0.15, 0.2) is 0 Å². The number of aromatic nitrogens is 4. The van der Waals surface area contributed by atoms with Gasteiger partial charge in [-0.1, -0.05) is 17.3 Å². The van der Waals surface area contributed by atoms with Crippen LogP contribution in [0, 0.1) is 0 Å². The molecule has 0 bridgehead atoms. The zero-order valence-corrected chi connectivity index (χ0v) is 11.5. The number of thiazole rings is 1. The first-order chi connectivity index (χ1) is 9.83. The minimum atomic E-state index is -0.183. The van der Waals surface area contributed by atoms with E-state index >= 15 is 0 Å². The Balaban J connectivity index is 2.18. The Morgan fingerprint density at radius 3 is 3.00 bits per heavy atom. The SMILES string of the molecule is COc1cccc(-c2c(CO)nnn2-c2nccs2)c1. The Morgan fingerprint density at radius 2 is 2.30 bits per heavy atom. The quantitative estimate of drug-likeness (QED) is 0.793. The van der Waals surface area contributed by atoms with E-state index < -0.39 is 0 Å². The van der Waals surface area contributed by atoms with Gasteiger partial charge in [-0.3, -0.25) is 0 Å². The third kappa shape index (κ3) is 2.17. The molecule has 20 heavy (non-hydrogen) atoms. The number of methoxy groups -OCH3 is 1. The van der Waals surface area contributed by atoms with Crippen molar-refractivity contribution in [2.75, 3.05) is 7.11 Å². The monoisotopic (exact) mass is 288 g/mol. The van der Waals surface area contributed by atoms with Gasteiger partial charge in [0.2, 0.25) is 5.13 Å². The van der Waals surface area contributed by atoms with Crippen molar-refractivity contribution in [1.82, 2.24) is 20.0 Å². The second-order valence-electron chi connectivity index (χ2n) is 4.00. The molecule has 6 nitrogen and oxygen atoms in total. The number of hydrogen-bond acceptors (Lipinski definition) is 6. The molecule has 0 aliphatic heterocycles. The summed E-state index contributed by atoms with van der Waals surface area (Å²) in [5, 5.41) is 20.1. The summed E-state index contributed by atoms with van der Waals surface area (Å²) >= 11 is 1.46. The van der Waals surface area contributed by atoms with Gasteiger partial charge in [0.1, 0.15) is 17.1 Å². The first-order valence-electron chi connectivity index (χ1n) is 5.93. The summed E-state index contributed by atoms with van der Waals surface area (Å²) in [4.78, 5) is 4.23. The van der Waals surface area contributed by atoms with E-state index in [1.807, 2.05) is 29.6 Å². The largest absolute Gasteiger partial charge is 0.497 e. The fourth-order valence-corrected chi connectivity index (χ4v) is 2.53. The number of benzene rings is 1. The molecular weight excluding hydrogens is 276 g/mol. The summed E-state index contributed by atoms with van der Waals surface area (Å²) < 4.78 is 6.86. The molecule has 0 aliphatic rings. The summed E-state index contributed by atoms with van der Waals surface area (Å²) in [6, 6.07) is 7.54. The normalized spacial score (nSPS) is 10.7. The number of ether oxygens (including phenoxy) is 1. The minimum absolute atomic E-state index is 0.183. The minimum Gasteiger partial charge on any atom is -0.497 e. The summed E-state index contributed by atoms with van der Waals surface area (Å²) in [7, 11) is 1.61. The highest BCUT2D eigenvalue weighted by Gasteiger charge is 2.17. The van der Waals surface area contributed by atoms with E-state index in [9.17, 15) is 5.11 Å². The van der Waals surface area contributed by atoms with Crippen LogP contribution in [0.3, 0.4) is 0 Å². The van der Waals surface area contributed by atoms with Crippen molar-refractivity contribution in [3.63, 3.8) is 0 Å². The lowest BCUT2D eigenvalue weighted by Crippen LogP contribution is -1.99. The van der Waals surface area contributed by atoms with Crippen molar-refractivity contribution >= 4 is 11.3 Å². The molecule has 3 aromatic rings. The van der Waals surface area contributed by atoms with Gasteiger partial charge in [0, 0.05) is 17.1 Å². The van der Waals surface area contributed by atoms with E-state index in [0.29, 0.717) is 10.8 Å². The summed E-state index contributed by atoms with van der Waals surface area (Å²) in [6.45, 7) is -0.183. The van der Waals surface area contributed by atoms with Crippen LogP contribution >= 0.6 is 11.3 Å². The Morgan fingerprint density at radius 1 is 1.40 bits per heavy atom. The molecule has 0 aliphatic carbocycles. The highest BCUT2D eigenvalue weighted by molar-refractivity contribution is 7.12. The molecule has 0 spiro atoms. The van der Waals surface area contributed by atoms with Crippen LogP contribution in [-0.2, 0) is 6.61 Å². The van der Waals surface area contributed by atoms with Crippen LogP contribution in [0.5, 0.6) is 5.75 Å². The van der Waals surface area contributed by atoms with E-state index in [1.165, 1.54) is 11.3 Å². The Bertz CT molecular complexity index is 709. The fraction of sp³-hybridized carbons (Fsp3) is 0.154. The molecule has 2 aromatic heterocycles. The molecule has 0 radical (unpaired) electrons. The number of hydrogen-bond donors (Lipinski definition) is 1. The third-order valence-corrected chi connectivity index (χ3v) is 3.58. The van der Waals surface area contributed by atoms with Gasteiger partial charge in [-0.2, -0.15) is 4.68 Å². The van der Waals surface area contributed by atoms with Crippen LogP contribution in [0.2, 0.25) is 0 Å². The average Bonchev–Trinajstić information content (AvgIpc) is 3.15. The van der Waals surface area contributed by atoms with E-state index in [2.05, 4.69) is 15.3 Å². The van der Waals surface area contributed by atoms with Crippen LogP contribution in [0.15, 0.2) is 35.8 Å². The molecular formula is C13H12N4O2S. The van der Waals surface area contributed by atoms with Crippen molar-refractivity contribution in [3.05, 3.63) is 41.5 Å². The molecule has 3 rings (SSSR count). The van der Waals surface area contributed by atoms with Crippen molar-refractivity contribution in [3.8, 4) is 22.1 Å². The van der Waals surface area contributed by atoms with Gasteiger partial charge >= 0.3 is 0 Å². The third-order valence-electron chi connectivity index (χ3n) is 2.83. The standard InChI is InChI=1S/C13H12N4O2S/c1-19-10-4-2-3-9(7-10)12-11(8-18)15-16-17(12)13-14-5-6-20-13/h2-7,18H,8H2,1H3. The summed E-state index contributed by atoms with van der Waals surface area (Å²) in [5.41, 5.74) is 2.10. The number of rotatable bonds is 4. The molecule has 1 aromatic carbocycles. The molecule has 2 heterocycles. The topological polar surface area (TPSA) is 73.1 Å². The number of aliphatic hydroxyl groups is 1. The summed E-state index contributed by atoms with van der Waals surface area (Å²) in [6.07, 6.45) is 1.70. The van der Waals surface area contributed by atoms with Crippen molar-refractivity contribution in [2.45, 2.75) is 6.61 Å². The van der Waals surface area contributed by atoms with Crippen LogP contribution < -0.4 is 4.74 Å². The van der Waals surface area contributed by atoms with Crippen LogP contribution in [0.1, 0.15) is 5.69 Å². The zero-order valence-electron chi connectivity index (χ0n) is 10.7. The first kappa shape index (κ1) is 12.8. The van der Waals surface area contributed by atoms with Gasteiger partial charge in [0.05, 0.1) is 13.7 Å². The molecule has 102 valence electrons. The predicted molar refractivity (Wildman–Crippen MR) is 74.9 cm³/mol. The van der Waals surface area contributed by atoms with Crippen LogP contribution in [0.4, 0.5) is 0 Å². The summed E-state index contributed by atoms with van der Waals surface area (Å²) in [5.74, 6) is 0.735. The molecule has 0 saturated carbocycles. The number of aliphatic hydroxyl groups excluding tert-OH is 1. The van der Waals surface area contributed by atoms with Crippen LogP contribution in [0.25, 0.3) is 16.4 Å². The van der Waals surface area contributed by atoms with Crippen molar-refractivity contribution in [2.24, 2.45) is 0 Å². The van der Waals surface area contributed by atoms with E-state index in [0.717, 1.165) is 17.0 Å². The van der Waals surface area contributed by atoms with E-state index in [4.69, 9.17) is 4.74 Å². The van der Waals surface area contributed by atoms with E-state index in [-0.39, 0.29) is 6.61 Å². The molecule has 0 saturated heterocycles. The molecule has 0 unspecified atom stereocenters. The molecule has 7 heteroatoms. The Kier molecular flexibility index (Phi) is 3.44. The Hall–Kier alpha value is -2.25. The molecule has 1 N–H and O–H groups in total. The van der Waals surface area contributed by atoms with Gasteiger partial charge < -0.3 is 9.84 Å². The lowest BCUT2D eigenvalue weighted by molar-refractivity contribution is 0.277. The lowest BCUT2D eigenvalue weighted by Gasteiger charge is -2.07. The van der Waals surface area contributed by atoms with Gasteiger partial charge in [0.25, 0.3) is 0 Å². The average molecular weight is 288 g/mol.